The van der Waals surface area contributed by atoms with E-state index in [9.17, 15) is 0 Å². The first kappa shape index (κ1) is 14.2. The van der Waals surface area contributed by atoms with E-state index >= 15 is 0 Å². The molecule has 0 saturated carbocycles. The average molecular weight is 285 g/mol. The summed E-state index contributed by atoms with van der Waals surface area (Å²) in [5.41, 5.74) is 2.33. The molecule has 3 heterocycles. The van der Waals surface area contributed by atoms with Crippen molar-refractivity contribution in [2.24, 2.45) is 0 Å². The molecule has 0 atom stereocenters. The van der Waals surface area contributed by atoms with Gasteiger partial charge >= 0.3 is 0 Å². The second-order valence-corrected chi connectivity index (χ2v) is 5.55. The van der Waals surface area contributed by atoms with Crippen molar-refractivity contribution in [3.05, 3.63) is 36.8 Å². The van der Waals surface area contributed by atoms with Gasteiger partial charge in [-0.1, -0.05) is 6.92 Å². The molecule has 3 rings (SSSR count). The van der Waals surface area contributed by atoms with Gasteiger partial charge in [0, 0.05) is 50.3 Å². The molecule has 2 aromatic rings. The minimum absolute atomic E-state index is 0.866. The molecule has 1 fully saturated rings. The summed E-state index contributed by atoms with van der Waals surface area (Å²) in [6, 6.07) is 6.14. The van der Waals surface area contributed by atoms with Crippen LogP contribution in [0.4, 0.5) is 0 Å². The number of rotatable bonds is 5. The first-order valence-electron chi connectivity index (χ1n) is 7.73. The Hall–Kier alpha value is -1.72. The fourth-order valence-electron chi connectivity index (χ4n) is 2.87. The molecular weight excluding hydrogens is 262 g/mol. The molecule has 0 N–H and O–H groups in total. The Morgan fingerprint density at radius 1 is 0.952 bits per heavy atom. The number of hydrogen-bond acceptors (Lipinski definition) is 4. The van der Waals surface area contributed by atoms with Crippen LogP contribution in [-0.4, -0.2) is 57.3 Å². The summed E-state index contributed by atoms with van der Waals surface area (Å²) >= 11 is 0. The van der Waals surface area contributed by atoms with Gasteiger partial charge in [0.05, 0.1) is 12.4 Å². The van der Waals surface area contributed by atoms with Gasteiger partial charge in [-0.25, -0.2) is 0 Å². The average Bonchev–Trinajstić information content (AvgIpc) is 2.98. The maximum absolute atomic E-state index is 4.48. The highest BCUT2D eigenvalue weighted by Gasteiger charge is 2.17. The Kier molecular flexibility index (Phi) is 4.62. The van der Waals surface area contributed by atoms with Gasteiger partial charge in [-0.15, -0.1) is 0 Å². The van der Waals surface area contributed by atoms with Gasteiger partial charge in [0.25, 0.3) is 0 Å². The second kappa shape index (κ2) is 6.83. The van der Waals surface area contributed by atoms with Gasteiger partial charge < -0.3 is 4.90 Å². The van der Waals surface area contributed by atoms with Crippen LogP contribution in [0.1, 0.15) is 13.3 Å². The van der Waals surface area contributed by atoms with Crippen molar-refractivity contribution in [3.8, 4) is 11.3 Å². The number of aromatic nitrogens is 3. The van der Waals surface area contributed by atoms with Crippen LogP contribution in [0.25, 0.3) is 11.3 Å². The SMILES string of the molecule is CCCN1CCN(Cn2nccc2-c2ccncc2)CC1. The topological polar surface area (TPSA) is 37.2 Å². The zero-order valence-corrected chi connectivity index (χ0v) is 12.6. The van der Waals surface area contributed by atoms with Crippen LogP contribution >= 0.6 is 0 Å². The monoisotopic (exact) mass is 285 g/mol. The Bertz CT molecular complexity index is 543. The Labute approximate surface area is 126 Å². The summed E-state index contributed by atoms with van der Waals surface area (Å²) in [5.74, 6) is 0. The molecular formula is C16H23N5. The standard InChI is InChI=1S/C16H23N5/c1-2-9-19-10-12-20(13-11-19)14-21-16(5-8-18-21)15-3-6-17-7-4-15/h3-8H,2,9-14H2,1H3. The lowest BCUT2D eigenvalue weighted by Crippen LogP contribution is -2.46. The van der Waals surface area contributed by atoms with Crippen molar-refractivity contribution in [1.82, 2.24) is 24.6 Å². The van der Waals surface area contributed by atoms with E-state index in [0.717, 1.165) is 25.5 Å². The highest BCUT2D eigenvalue weighted by atomic mass is 15.4. The van der Waals surface area contributed by atoms with Crippen molar-refractivity contribution in [1.29, 1.82) is 0 Å². The maximum Gasteiger partial charge on any atom is 0.0936 e. The van der Waals surface area contributed by atoms with Crippen LogP contribution in [0, 0.1) is 0 Å². The lowest BCUT2D eigenvalue weighted by molar-refractivity contribution is 0.104. The van der Waals surface area contributed by atoms with E-state index in [1.54, 1.807) is 0 Å². The summed E-state index contributed by atoms with van der Waals surface area (Å²) in [6.07, 6.45) is 6.78. The highest BCUT2D eigenvalue weighted by molar-refractivity contribution is 5.58. The van der Waals surface area contributed by atoms with Crippen LogP contribution in [0.15, 0.2) is 36.8 Å². The second-order valence-electron chi connectivity index (χ2n) is 5.55. The zero-order valence-electron chi connectivity index (χ0n) is 12.6. The Balaban J connectivity index is 1.63. The fourth-order valence-corrected chi connectivity index (χ4v) is 2.87. The largest absolute Gasteiger partial charge is 0.301 e. The fraction of sp³-hybridized carbons (Fsp3) is 0.500. The predicted octanol–water partition coefficient (Wildman–Crippen LogP) is 1.93. The molecule has 0 aliphatic carbocycles. The predicted molar refractivity (Wildman–Crippen MR) is 83.8 cm³/mol. The molecule has 5 heteroatoms. The molecule has 21 heavy (non-hydrogen) atoms. The molecule has 0 radical (unpaired) electrons. The van der Waals surface area contributed by atoms with E-state index < -0.39 is 0 Å². The summed E-state index contributed by atoms with van der Waals surface area (Å²) in [6.45, 7) is 8.91. The molecule has 1 aliphatic rings. The van der Waals surface area contributed by atoms with Gasteiger partial charge in [-0.2, -0.15) is 5.10 Å². The maximum atomic E-state index is 4.48. The number of hydrogen-bond donors (Lipinski definition) is 0. The van der Waals surface area contributed by atoms with Crippen molar-refractivity contribution in [2.45, 2.75) is 20.0 Å². The lowest BCUT2D eigenvalue weighted by atomic mass is 10.2. The minimum Gasteiger partial charge on any atom is -0.301 e. The Morgan fingerprint density at radius 2 is 1.67 bits per heavy atom. The molecule has 1 aliphatic heterocycles. The number of nitrogens with zero attached hydrogens (tertiary/aromatic N) is 5. The molecule has 112 valence electrons. The van der Waals surface area contributed by atoms with Crippen LogP contribution < -0.4 is 0 Å². The number of pyridine rings is 1. The van der Waals surface area contributed by atoms with Crippen LogP contribution in [0.3, 0.4) is 0 Å². The molecule has 5 nitrogen and oxygen atoms in total. The van der Waals surface area contributed by atoms with E-state index in [1.165, 1.54) is 31.6 Å². The molecule has 0 unspecified atom stereocenters. The van der Waals surface area contributed by atoms with Crippen molar-refractivity contribution in [2.75, 3.05) is 32.7 Å². The van der Waals surface area contributed by atoms with Crippen LogP contribution in [-0.2, 0) is 6.67 Å². The van der Waals surface area contributed by atoms with E-state index in [-0.39, 0.29) is 0 Å². The van der Waals surface area contributed by atoms with Crippen molar-refractivity contribution < 1.29 is 0 Å². The molecule has 0 aromatic carbocycles. The third-order valence-electron chi connectivity index (χ3n) is 4.03. The quantitative estimate of drug-likeness (QED) is 0.841. The first-order chi connectivity index (χ1) is 10.4. The Morgan fingerprint density at radius 3 is 2.38 bits per heavy atom. The highest BCUT2D eigenvalue weighted by Crippen LogP contribution is 2.18. The molecule has 2 aromatic heterocycles. The summed E-state index contributed by atoms with van der Waals surface area (Å²) in [4.78, 5) is 9.10. The van der Waals surface area contributed by atoms with E-state index in [2.05, 4.69) is 37.6 Å². The molecule has 1 saturated heterocycles. The third-order valence-corrected chi connectivity index (χ3v) is 4.03. The van der Waals surface area contributed by atoms with Crippen LogP contribution in [0.2, 0.25) is 0 Å². The zero-order chi connectivity index (χ0) is 14.5. The summed E-state index contributed by atoms with van der Waals surface area (Å²) < 4.78 is 2.09. The lowest BCUT2D eigenvalue weighted by Gasteiger charge is -2.34. The molecule has 0 spiro atoms. The minimum atomic E-state index is 0.866. The number of piperazine rings is 1. The summed E-state index contributed by atoms with van der Waals surface area (Å²) in [7, 11) is 0. The van der Waals surface area contributed by atoms with Gasteiger partial charge in [-0.3, -0.25) is 14.6 Å². The molecule has 0 bridgehead atoms. The van der Waals surface area contributed by atoms with Crippen molar-refractivity contribution >= 4 is 0 Å². The van der Waals surface area contributed by atoms with Crippen molar-refractivity contribution in [3.63, 3.8) is 0 Å². The normalized spacial score (nSPS) is 17.2. The van der Waals surface area contributed by atoms with E-state index in [1.807, 2.05) is 30.7 Å². The van der Waals surface area contributed by atoms with Gasteiger partial charge in [0.1, 0.15) is 0 Å². The smallest absolute Gasteiger partial charge is 0.0936 e. The first-order valence-corrected chi connectivity index (χ1v) is 7.73. The summed E-state index contributed by atoms with van der Waals surface area (Å²) in [5, 5.41) is 4.48. The van der Waals surface area contributed by atoms with Gasteiger partial charge in [0.2, 0.25) is 0 Å². The van der Waals surface area contributed by atoms with E-state index in [4.69, 9.17) is 0 Å². The third kappa shape index (κ3) is 3.49. The van der Waals surface area contributed by atoms with Crippen LogP contribution in [0.5, 0.6) is 0 Å². The van der Waals surface area contributed by atoms with Gasteiger partial charge in [-0.05, 0) is 31.2 Å². The van der Waals surface area contributed by atoms with E-state index in [0.29, 0.717) is 0 Å². The van der Waals surface area contributed by atoms with Gasteiger partial charge in [0.15, 0.2) is 0 Å². The molecule has 0 amide bonds.